The number of amides is 2. The molecule has 0 fully saturated rings. The van der Waals surface area contributed by atoms with E-state index in [0.717, 1.165) is 16.7 Å². The van der Waals surface area contributed by atoms with Crippen LogP contribution in [0.3, 0.4) is 0 Å². The second kappa shape index (κ2) is 13.8. The summed E-state index contributed by atoms with van der Waals surface area (Å²) < 4.78 is 22.3. The van der Waals surface area contributed by atoms with Crippen molar-refractivity contribution in [3.8, 4) is 34.1 Å². The molecular weight excluding hydrogens is 538 g/mol. The van der Waals surface area contributed by atoms with Crippen LogP contribution in [0.25, 0.3) is 11.1 Å². The Bertz CT molecular complexity index is 1520. The maximum absolute atomic E-state index is 13.4. The molecule has 4 rings (SSSR count). The number of benzene rings is 2. The van der Waals surface area contributed by atoms with Gasteiger partial charge in [-0.15, -0.1) is 0 Å². The van der Waals surface area contributed by atoms with Crippen LogP contribution in [0, 0.1) is 0 Å². The van der Waals surface area contributed by atoms with Gasteiger partial charge in [-0.3, -0.25) is 14.4 Å². The number of ether oxygens (including phenoxy) is 4. The zero-order valence-electron chi connectivity index (χ0n) is 24.6. The number of carbonyl (C=O) groups excluding carboxylic acids is 2. The first kappa shape index (κ1) is 30.2. The largest absolute Gasteiger partial charge is 0.495 e. The van der Waals surface area contributed by atoms with E-state index in [4.69, 9.17) is 18.9 Å². The van der Waals surface area contributed by atoms with Gasteiger partial charge in [-0.2, -0.15) is 0 Å². The van der Waals surface area contributed by atoms with Crippen molar-refractivity contribution >= 4 is 23.2 Å². The molecule has 222 valence electrons. The lowest BCUT2D eigenvalue weighted by Crippen LogP contribution is -2.26. The van der Waals surface area contributed by atoms with Crippen LogP contribution in [0.2, 0.25) is 0 Å². The van der Waals surface area contributed by atoms with Gasteiger partial charge >= 0.3 is 0 Å². The number of fused-ring (bicyclic) bond motifs is 3. The normalized spacial score (nSPS) is 13.5. The maximum atomic E-state index is 13.4. The Labute approximate surface area is 245 Å². The molecule has 3 N–H and O–H groups in total. The van der Waals surface area contributed by atoms with Crippen molar-refractivity contribution in [1.82, 2.24) is 5.32 Å². The van der Waals surface area contributed by atoms with E-state index in [9.17, 15) is 14.4 Å². The number of aryl methyl sites for hydroxylation is 1. The van der Waals surface area contributed by atoms with E-state index < -0.39 is 6.04 Å². The second-order valence-electron chi connectivity index (χ2n) is 9.87. The van der Waals surface area contributed by atoms with Crippen LogP contribution < -0.4 is 40.3 Å². The summed E-state index contributed by atoms with van der Waals surface area (Å²) in [4.78, 5) is 38.0. The van der Waals surface area contributed by atoms with E-state index in [1.807, 2.05) is 24.3 Å². The van der Waals surface area contributed by atoms with Gasteiger partial charge in [0.25, 0.3) is 0 Å². The molecule has 0 aromatic heterocycles. The van der Waals surface area contributed by atoms with Gasteiger partial charge in [0.15, 0.2) is 11.5 Å². The molecule has 1 atom stereocenters. The molecule has 3 aromatic rings. The minimum Gasteiger partial charge on any atom is -0.495 e. The molecule has 3 aromatic carbocycles. The molecule has 0 spiro atoms. The third kappa shape index (κ3) is 6.59. The van der Waals surface area contributed by atoms with E-state index in [-0.39, 0.29) is 23.7 Å². The van der Waals surface area contributed by atoms with E-state index in [2.05, 4.69) is 16.0 Å². The van der Waals surface area contributed by atoms with Gasteiger partial charge in [-0.1, -0.05) is 18.2 Å². The third-order valence-electron chi connectivity index (χ3n) is 7.19. The van der Waals surface area contributed by atoms with Crippen molar-refractivity contribution < 1.29 is 28.5 Å². The van der Waals surface area contributed by atoms with Crippen molar-refractivity contribution in [3.05, 3.63) is 69.9 Å². The smallest absolute Gasteiger partial charge is 0.224 e. The predicted octanol–water partition coefficient (Wildman–Crippen LogP) is 4.70. The van der Waals surface area contributed by atoms with E-state index >= 15 is 0 Å². The molecule has 0 saturated heterocycles. The summed E-state index contributed by atoms with van der Waals surface area (Å²) >= 11 is 0. The number of hydrogen-bond acceptors (Lipinski definition) is 8. The zero-order chi connectivity index (χ0) is 30.2. The quantitative estimate of drug-likeness (QED) is 0.281. The Morgan fingerprint density at radius 3 is 2.31 bits per heavy atom. The minimum absolute atomic E-state index is 0.153. The Kier molecular flexibility index (Phi) is 9.90. The van der Waals surface area contributed by atoms with Crippen LogP contribution in [0.15, 0.2) is 53.3 Å². The van der Waals surface area contributed by atoms with Crippen molar-refractivity contribution in [3.63, 3.8) is 0 Å². The summed E-state index contributed by atoms with van der Waals surface area (Å²) in [6, 6.07) is 13.9. The first-order valence-corrected chi connectivity index (χ1v) is 13.8. The molecule has 0 saturated carbocycles. The topological polar surface area (TPSA) is 124 Å². The summed E-state index contributed by atoms with van der Waals surface area (Å²) in [5, 5.41) is 9.05. The number of hydrogen-bond donors (Lipinski definition) is 3. The molecule has 1 unspecified atom stereocenters. The molecule has 42 heavy (non-hydrogen) atoms. The fourth-order valence-corrected chi connectivity index (χ4v) is 5.29. The molecule has 0 radical (unpaired) electrons. The predicted molar refractivity (Wildman–Crippen MR) is 162 cm³/mol. The molecule has 1 aliphatic carbocycles. The van der Waals surface area contributed by atoms with Crippen LogP contribution in [-0.4, -0.2) is 46.8 Å². The highest BCUT2D eigenvalue weighted by Crippen LogP contribution is 2.50. The van der Waals surface area contributed by atoms with Gasteiger partial charge in [-0.25, -0.2) is 0 Å². The molecule has 10 nitrogen and oxygen atoms in total. The van der Waals surface area contributed by atoms with Gasteiger partial charge in [0, 0.05) is 25.5 Å². The molecule has 1 aliphatic rings. The average molecular weight is 576 g/mol. The molecule has 0 bridgehead atoms. The van der Waals surface area contributed by atoms with Crippen molar-refractivity contribution in [2.75, 3.05) is 45.6 Å². The van der Waals surface area contributed by atoms with Crippen molar-refractivity contribution in [2.24, 2.45) is 0 Å². The maximum Gasteiger partial charge on any atom is 0.224 e. The lowest BCUT2D eigenvalue weighted by molar-refractivity contribution is -0.119. The van der Waals surface area contributed by atoms with Crippen molar-refractivity contribution in [1.29, 1.82) is 0 Å². The SMILES string of the molecule is COc1ccccc1NC(=O)CCCNc1ccc2c(cc1=O)C(NC(C)=O)CCc1cc(OC)c(OC)c(OC)c1-2. The second-order valence-corrected chi connectivity index (χ2v) is 9.87. The Balaban J connectivity index is 1.62. The summed E-state index contributed by atoms with van der Waals surface area (Å²) in [6.45, 7) is 1.87. The van der Waals surface area contributed by atoms with Crippen LogP contribution in [0.5, 0.6) is 23.0 Å². The van der Waals surface area contributed by atoms with Crippen LogP contribution in [0.1, 0.15) is 43.4 Å². The third-order valence-corrected chi connectivity index (χ3v) is 7.19. The fraction of sp³-hybridized carbons (Fsp3) is 0.344. The lowest BCUT2D eigenvalue weighted by atomic mass is 9.95. The van der Waals surface area contributed by atoms with Crippen LogP contribution >= 0.6 is 0 Å². The van der Waals surface area contributed by atoms with E-state index in [1.165, 1.54) is 6.92 Å². The Morgan fingerprint density at radius 1 is 0.881 bits per heavy atom. The number of methoxy groups -OCH3 is 4. The van der Waals surface area contributed by atoms with Crippen LogP contribution in [0.4, 0.5) is 11.4 Å². The first-order chi connectivity index (χ1) is 20.3. The molecule has 10 heteroatoms. The average Bonchev–Trinajstić information content (AvgIpc) is 3.22. The number of anilines is 2. The zero-order valence-corrected chi connectivity index (χ0v) is 24.6. The Morgan fingerprint density at radius 2 is 1.62 bits per heavy atom. The summed E-state index contributed by atoms with van der Waals surface area (Å²) in [5.74, 6) is 1.72. The van der Waals surface area contributed by atoms with E-state index in [1.54, 1.807) is 52.7 Å². The first-order valence-electron chi connectivity index (χ1n) is 13.8. The highest BCUT2D eigenvalue weighted by molar-refractivity contribution is 5.92. The summed E-state index contributed by atoms with van der Waals surface area (Å²) in [6.07, 6.45) is 1.95. The highest BCUT2D eigenvalue weighted by atomic mass is 16.5. The van der Waals surface area contributed by atoms with Crippen molar-refractivity contribution in [2.45, 2.75) is 38.6 Å². The van der Waals surface area contributed by atoms with Gasteiger partial charge in [0.2, 0.25) is 23.0 Å². The molecular formula is C32H37N3O7. The van der Waals surface area contributed by atoms with E-state index in [0.29, 0.717) is 65.7 Å². The fourth-order valence-electron chi connectivity index (χ4n) is 5.29. The van der Waals surface area contributed by atoms with Gasteiger partial charge in [0.05, 0.1) is 45.9 Å². The number of carbonyl (C=O) groups is 2. The number of nitrogens with one attached hydrogen (secondary N) is 3. The summed E-state index contributed by atoms with van der Waals surface area (Å²) in [5.41, 5.74) is 3.93. The molecule has 0 heterocycles. The Hall–Kier alpha value is -4.73. The number of para-hydroxylation sites is 2. The van der Waals surface area contributed by atoms with Gasteiger partial charge < -0.3 is 34.9 Å². The van der Waals surface area contributed by atoms with Gasteiger partial charge in [-0.05, 0) is 66.3 Å². The van der Waals surface area contributed by atoms with Crippen LogP contribution in [-0.2, 0) is 16.0 Å². The monoisotopic (exact) mass is 575 g/mol. The molecule has 0 aliphatic heterocycles. The highest BCUT2D eigenvalue weighted by Gasteiger charge is 2.29. The standard InChI is InChI=1S/C32H37N3O7/c1-19(36)34-23-14-12-20-17-28(40-3)31(41-4)32(42-5)30(20)21-13-15-24(26(37)18-22(21)23)33-16-8-11-29(38)35-25-9-6-7-10-27(25)39-2/h6-7,9-10,13,15,17-18,23H,8,11-12,14,16H2,1-5H3,(H,33,37)(H,34,36)(H,35,38). The summed E-state index contributed by atoms with van der Waals surface area (Å²) in [7, 11) is 6.23. The minimum atomic E-state index is -0.391. The number of rotatable bonds is 11. The molecule has 2 amide bonds. The lowest BCUT2D eigenvalue weighted by Gasteiger charge is -2.19. The van der Waals surface area contributed by atoms with Gasteiger partial charge in [0.1, 0.15) is 5.75 Å².